The fourth-order valence-electron chi connectivity index (χ4n) is 1.55. The van der Waals surface area contributed by atoms with Crippen LogP contribution >= 0.6 is 11.3 Å². The Morgan fingerprint density at radius 2 is 2.12 bits per heavy atom. The molecule has 0 aliphatic rings. The van der Waals surface area contributed by atoms with Crippen LogP contribution in [0, 0.1) is 10.1 Å². The number of rotatable bonds is 3. The first-order valence-electron chi connectivity index (χ1n) is 4.75. The molecule has 0 saturated heterocycles. The fraction of sp³-hybridized carbons (Fsp3) is 0. The van der Waals surface area contributed by atoms with Crippen molar-refractivity contribution in [1.29, 1.82) is 0 Å². The normalized spacial score (nSPS) is 10.8. The first-order chi connectivity index (χ1) is 8.25. The Bertz CT molecular complexity index is 669. The van der Waals surface area contributed by atoms with E-state index in [0.717, 1.165) is 0 Å². The average Bonchev–Trinajstić information content (AvgIpc) is 2.92. The summed E-state index contributed by atoms with van der Waals surface area (Å²) in [4.78, 5) is 15.3. The largest absolute Gasteiger partial charge is 0.374 e. The molecule has 3 aromatic rings. The lowest BCUT2D eigenvalue weighted by atomic mass is 10.6. The van der Waals surface area contributed by atoms with E-state index < -0.39 is 4.92 Å². The van der Waals surface area contributed by atoms with Crippen LogP contribution < -0.4 is 5.43 Å². The zero-order valence-corrected chi connectivity index (χ0v) is 9.29. The van der Waals surface area contributed by atoms with E-state index in [0.29, 0.717) is 4.96 Å². The van der Waals surface area contributed by atoms with Gasteiger partial charge in [0.05, 0.1) is 0 Å². The van der Waals surface area contributed by atoms with Crippen LogP contribution in [-0.4, -0.2) is 19.0 Å². The van der Waals surface area contributed by atoms with Crippen LogP contribution in [0.15, 0.2) is 36.1 Å². The first-order valence-corrected chi connectivity index (χ1v) is 5.63. The molecule has 0 unspecified atom stereocenters. The number of nitrogens with one attached hydrogen (secondary N) is 1. The molecule has 0 fully saturated rings. The summed E-state index contributed by atoms with van der Waals surface area (Å²) in [7, 11) is 0. The third-order valence-electron chi connectivity index (χ3n) is 2.25. The lowest BCUT2D eigenvalue weighted by molar-refractivity contribution is -0.389. The van der Waals surface area contributed by atoms with Crippen LogP contribution in [0.4, 0.5) is 11.6 Å². The summed E-state index contributed by atoms with van der Waals surface area (Å²) in [6.45, 7) is 0. The Hall–Kier alpha value is -2.35. The number of hydrogen-bond acceptors (Lipinski definition) is 5. The summed E-state index contributed by atoms with van der Waals surface area (Å²) in [5.74, 6) is 0.174. The minimum Gasteiger partial charge on any atom is -0.358 e. The predicted molar refractivity (Wildman–Crippen MR) is 63.2 cm³/mol. The smallest absolute Gasteiger partial charge is 0.358 e. The summed E-state index contributed by atoms with van der Waals surface area (Å²) >= 11 is 1.35. The van der Waals surface area contributed by atoms with Crippen LogP contribution in [0.2, 0.25) is 0 Å². The first kappa shape index (κ1) is 9.85. The van der Waals surface area contributed by atoms with Gasteiger partial charge < -0.3 is 10.1 Å². The van der Waals surface area contributed by atoms with Crippen molar-refractivity contribution in [3.63, 3.8) is 0 Å². The number of hydrogen-bond donors (Lipinski definition) is 1. The number of imidazole rings is 1. The Kier molecular flexibility index (Phi) is 2.08. The molecular formula is C9H7N5O2S. The molecule has 3 rings (SSSR count). The summed E-state index contributed by atoms with van der Waals surface area (Å²) < 4.78 is 3.07. The molecule has 0 bridgehead atoms. The highest BCUT2D eigenvalue weighted by atomic mass is 32.1. The molecule has 0 radical (unpaired) electrons. The zero-order valence-electron chi connectivity index (χ0n) is 8.48. The molecule has 7 nitrogen and oxygen atoms in total. The van der Waals surface area contributed by atoms with E-state index in [2.05, 4.69) is 10.4 Å². The summed E-state index contributed by atoms with van der Waals surface area (Å²) in [6, 6.07) is 3.63. The predicted octanol–water partition coefficient (Wildman–Crippen LogP) is 1.98. The molecule has 0 spiro atoms. The summed E-state index contributed by atoms with van der Waals surface area (Å²) in [5.41, 5.74) is 2.86. The lowest BCUT2D eigenvalue weighted by Gasteiger charge is -2.03. The maximum Gasteiger partial charge on any atom is 0.374 e. The molecule has 0 atom stereocenters. The van der Waals surface area contributed by atoms with Crippen molar-refractivity contribution < 1.29 is 4.92 Å². The van der Waals surface area contributed by atoms with Gasteiger partial charge in [-0.05, 0) is 17.1 Å². The molecule has 1 N–H and O–H groups in total. The van der Waals surface area contributed by atoms with E-state index in [1.807, 2.05) is 12.1 Å². The van der Waals surface area contributed by atoms with Crippen LogP contribution in [0.1, 0.15) is 0 Å². The molecule has 0 aromatic carbocycles. The molecule has 0 aliphatic carbocycles. The van der Waals surface area contributed by atoms with Crippen LogP contribution in [0.5, 0.6) is 0 Å². The monoisotopic (exact) mass is 249 g/mol. The van der Waals surface area contributed by atoms with E-state index >= 15 is 0 Å². The molecule has 0 aliphatic heterocycles. The number of anilines is 1. The van der Waals surface area contributed by atoms with Gasteiger partial charge in [-0.15, -0.1) is 0 Å². The van der Waals surface area contributed by atoms with Gasteiger partial charge in [-0.2, -0.15) is 9.38 Å². The average molecular weight is 249 g/mol. The Balaban J connectivity index is 2.11. The fourth-order valence-corrected chi connectivity index (χ4v) is 2.26. The minimum absolute atomic E-state index is 0.0602. The maximum absolute atomic E-state index is 11.0. The quantitative estimate of drug-likeness (QED) is 0.568. The SMILES string of the molecule is O=[N+]([O-])c1c(Nn2cccc2)nc2sccn12. The van der Waals surface area contributed by atoms with Gasteiger partial charge in [0.15, 0.2) is 0 Å². The van der Waals surface area contributed by atoms with Gasteiger partial charge in [-0.1, -0.05) is 11.3 Å². The van der Waals surface area contributed by atoms with Gasteiger partial charge in [0.25, 0.3) is 4.96 Å². The maximum atomic E-state index is 11.0. The Labute approximate surface area is 99.1 Å². The molecule has 3 aromatic heterocycles. The van der Waals surface area contributed by atoms with E-state index in [1.54, 1.807) is 28.6 Å². The number of thiazole rings is 1. The third kappa shape index (κ3) is 1.54. The van der Waals surface area contributed by atoms with Crippen molar-refractivity contribution in [3.05, 3.63) is 46.2 Å². The van der Waals surface area contributed by atoms with Crippen LogP contribution in [0.3, 0.4) is 0 Å². The number of nitrogens with zero attached hydrogens (tertiary/aromatic N) is 4. The highest BCUT2D eigenvalue weighted by Crippen LogP contribution is 2.27. The zero-order chi connectivity index (χ0) is 11.8. The van der Waals surface area contributed by atoms with E-state index in [-0.39, 0.29) is 11.6 Å². The van der Waals surface area contributed by atoms with Crippen molar-refractivity contribution in [2.24, 2.45) is 0 Å². The number of aromatic nitrogens is 3. The van der Waals surface area contributed by atoms with Crippen molar-refractivity contribution >= 4 is 27.9 Å². The second-order valence-electron chi connectivity index (χ2n) is 3.30. The van der Waals surface area contributed by atoms with Gasteiger partial charge >= 0.3 is 5.82 Å². The Morgan fingerprint density at radius 3 is 2.82 bits per heavy atom. The standard InChI is InChI=1S/C9H7N5O2S/c15-14(16)8-7(11-12-3-1-2-4-12)10-9-13(8)5-6-17-9/h1-6,11H. The van der Waals surface area contributed by atoms with Gasteiger partial charge in [-0.3, -0.25) is 10.1 Å². The second-order valence-corrected chi connectivity index (χ2v) is 4.17. The molecule has 3 heterocycles. The molecule has 8 heteroatoms. The topological polar surface area (TPSA) is 77.4 Å². The third-order valence-corrected chi connectivity index (χ3v) is 3.01. The highest BCUT2D eigenvalue weighted by Gasteiger charge is 2.23. The molecule has 17 heavy (non-hydrogen) atoms. The van der Waals surface area contributed by atoms with Crippen molar-refractivity contribution in [3.8, 4) is 0 Å². The van der Waals surface area contributed by atoms with E-state index in [4.69, 9.17) is 0 Å². The summed E-state index contributed by atoms with van der Waals surface area (Å²) in [6.07, 6.45) is 5.13. The lowest BCUT2D eigenvalue weighted by Crippen LogP contribution is -2.08. The molecule has 0 amide bonds. The van der Waals surface area contributed by atoms with Gasteiger partial charge in [0, 0.05) is 17.8 Å². The number of nitro groups is 1. The molecular weight excluding hydrogens is 242 g/mol. The van der Waals surface area contributed by atoms with Crippen LogP contribution in [-0.2, 0) is 0 Å². The second kappa shape index (κ2) is 3.59. The van der Waals surface area contributed by atoms with Gasteiger partial charge in [0.1, 0.15) is 6.20 Å². The van der Waals surface area contributed by atoms with E-state index in [9.17, 15) is 10.1 Å². The van der Waals surface area contributed by atoms with Gasteiger partial charge in [-0.25, -0.2) is 0 Å². The summed E-state index contributed by atoms with van der Waals surface area (Å²) in [5, 5.41) is 12.8. The molecule has 86 valence electrons. The van der Waals surface area contributed by atoms with Crippen molar-refractivity contribution in [2.45, 2.75) is 0 Å². The van der Waals surface area contributed by atoms with Crippen molar-refractivity contribution in [2.75, 3.05) is 5.43 Å². The highest BCUT2D eigenvalue weighted by molar-refractivity contribution is 7.15. The minimum atomic E-state index is -0.446. The van der Waals surface area contributed by atoms with Crippen molar-refractivity contribution in [1.82, 2.24) is 14.1 Å². The van der Waals surface area contributed by atoms with Crippen LogP contribution in [0.25, 0.3) is 4.96 Å². The Morgan fingerprint density at radius 1 is 1.35 bits per heavy atom. The number of fused-ring (bicyclic) bond motifs is 1. The van der Waals surface area contributed by atoms with E-state index in [1.165, 1.54) is 15.7 Å². The molecule has 0 saturated carbocycles. The van der Waals surface area contributed by atoms with Gasteiger partial charge in [0.2, 0.25) is 5.82 Å².